The van der Waals surface area contributed by atoms with Gasteiger partial charge in [0.1, 0.15) is 17.1 Å². The zero-order valence-electron chi connectivity index (χ0n) is 22.0. The predicted molar refractivity (Wildman–Crippen MR) is 155 cm³/mol. The third-order valence-electron chi connectivity index (χ3n) is 6.23. The Morgan fingerprint density at radius 3 is 1.83 bits per heavy atom. The zero-order valence-corrected chi connectivity index (χ0v) is 22.0. The molecular weight excluding hydrogens is 522 g/mol. The summed E-state index contributed by atoms with van der Waals surface area (Å²) >= 11 is 0. The number of carbonyl (C=O) groups is 4. The Bertz CT molecular complexity index is 1560. The molecule has 0 aromatic heterocycles. The van der Waals surface area contributed by atoms with Gasteiger partial charge >= 0.3 is 6.03 Å². The fourth-order valence-corrected chi connectivity index (χ4v) is 4.24. The van der Waals surface area contributed by atoms with E-state index in [2.05, 4.69) is 5.32 Å². The largest absolute Gasteiger partial charge is 0.497 e. The topological polar surface area (TPSA) is 105 Å². The van der Waals surface area contributed by atoms with Crippen molar-refractivity contribution in [2.75, 3.05) is 28.8 Å². The van der Waals surface area contributed by atoms with E-state index >= 15 is 0 Å². The van der Waals surface area contributed by atoms with Crippen LogP contribution in [0.3, 0.4) is 0 Å². The van der Waals surface area contributed by atoms with E-state index in [0.29, 0.717) is 28.4 Å². The Labute approximate surface area is 236 Å². The van der Waals surface area contributed by atoms with Gasteiger partial charge in [0, 0.05) is 11.3 Å². The van der Waals surface area contributed by atoms with Crippen molar-refractivity contribution >= 4 is 46.9 Å². The van der Waals surface area contributed by atoms with Crippen LogP contribution in [0.25, 0.3) is 6.08 Å². The van der Waals surface area contributed by atoms with Gasteiger partial charge in [-0.3, -0.25) is 14.4 Å². The van der Waals surface area contributed by atoms with Gasteiger partial charge < -0.3 is 14.8 Å². The summed E-state index contributed by atoms with van der Waals surface area (Å²) in [6.07, 6.45) is 1.37. The normalized spacial score (nSPS) is 13.2. The Hall–Kier alpha value is -5.70. The van der Waals surface area contributed by atoms with Crippen LogP contribution in [-0.2, 0) is 14.4 Å². The van der Waals surface area contributed by atoms with Crippen LogP contribution in [0.5, 0.6) is 11.5 Å². The standard InChI is InChI=1S/C32H25N3O6/c1-40-26-18-16-23(17-19-26)33-29(36)21-41-28-15-9-8-10-22(28)20-27-30(37)34(24-11-4-2-5-12-24)32(39)35(31(27)38)25-13-6-3-7-14-25/h2-20H,21H2,1H3,(H,33,36). The van der Waals surface area contributed by atoms with E-state index in [1.54, 1.807) is 116 Å². The summed E-state index contributed by atoms with van der Waals surface area (Å²) < 4.78 is 10.9. The summed E-state index contributed by atoms with van der Waals surface area (Å²) in [6, 6.07) is 29.5. The number of hydrogen-bond acceptors (Lipinski definition) is 6. The first-order valence-corrected chi connectivity index (χ1v) is 12.7. The zero-order chi connectivity index (χ0) is 28.8. The van der Waals surface area contributed by atoms with Crippen molar-refractivity contribution in [2.45, 2.75) is 0 Å². The fraction of sp³-hybridized carbons (Fsp3) is 0.0625. The highest BCUT2D eigenvalue weighted by Crippen LogP contribution is 2.31. The highest BCUT2D eigenvalue weighted by molar-refractivity contribution is 6.46. The molecule has 9 nitrogen and oxygen atoms in total. The number of methoxy groups -OCH3 is 1. The second kappa shape index (κ2) is 12.0. The molecule has 4 aromatic carbocycles. The Balaban J connectivity index is 1.44. The van der Waals surface area contributed by atoms with Crippen molar-refractivity contribution < 1.29 is 28.7 Å². The Morgan fingerprint density at radius 2 is 1.27 bits per heavy atom. The first-order chi connectivity index (χ1) is 20.0. The van der Waals surface area contributed by atoms with E-state index in [1.807, 2.05) is 0 Å². The molecule has 0 saturated carbocycles. The second-order valence-electron chi connectivity index (χ2n) is 8.90. The number of para-hydroxylation sites is 3. The van der Waals surface area contributed by atoms with E-state index in [1.165, 1.54) is 6.08 Å². The Kier molecular flexibility index (Phi) is 7.87. The summed E-state index contributed by atoms with van der Waals surface area (Å²) in [6.45, 7) is -0.321. The predicted octanol–water partition coefficient (Wildman–Crippen LogP) is 5.30. The molecular formula is C32H25N3O6. The summed E-state index contributed by atoms with van der Waals surface area (Å²) in [5.74, 6) is -1.01. The number of urea groups is 1. The highest BCUT2D eigenvalue weighted by atomic mass is 16.5. The summed E-state index contributed by atoms with van der Waals surface area (Å²) in [4.78, 5) is 55.2. The average molecular weight is 548 g/mol. The van der Waals surface area contributed by atoms with E-state index < -0.39 is 23.8 Å². The molecule has 5 rings (SSSR count). The number of hydrogen-bond donors (Lipinski definition) is 1. The van der Waals surface area contributed by atoms with Crippen LogP contribution >= 0.6 is 0 Å². The van der Waals surface area contributed by atoms with E-state index in [9.17, 15) is 19.2 Å². The number of amides is 5. The molecule has 9 heteroatoms. The van der Waals surface area contributed by atoms with Crippen molar-refractivity contribution in [3.05, 3.63) is 120 Å². The van der Waals surface area contributed by atoms with Crippen LogP contribution < -0.4 is 24.6 Å². The van der Waals surface area contributed by atoms with Gasteiger partial charge in [-0.05, 0) is 60.7 Å². The molecule has 1 aliphatic rings. The quantitative estimate of drug-likeness (QED) is 0.237. The van der Waals surface area contributed by atoms with Crippen LogP contribution in [0.1, 0.15) is 5.56 Å². The lowest BCUT2D eigenvalue weighted by atomic mass is 10.0. The summed E-state index contributed by atoms with van der Waals surface area (Å²) in [7, 11) is 1.55. The number of ether oxygens (including phenoxy) is 2. The number of rotatable bonds is 8. The van der Waals surface area contributed by atoms with Crippen LogP contribution in [0.2, 0.25) is 0 Å². The molecule has 0 aliphatic carbocycles. The van der Waals surface area contributed by atoms with Gasteiger partial charge in [-0.15, -0.1) is 0 Å². The maximum absolute atomic E-state index is 13.6. The molecule has 41 heavy (non-hydrogen) atoms. The summed E-state index contributed by atoms with van der Waals surface area (Å²) in [5, 5.41) is 2.74. The van der Waals surface area contributed by atoms with Crippen molar-refractivity contribution in [3.8, 4) is 11.5 Å². The van der Waals surface area contributed by atoms with Gasteiger partial charge in [0.25, 0.3) is 17.7 Å². The van der Waals surface area contributed by atoms with Crippen molar-refractivity contribution in [2.24, 2.45) is 0 Å². The number of nitrogens with one attached hydrogen (secondary N) is 1. The number of barbiturate groups is 1. The van der Waals surface area contributed by atoms with Crippen LogP contribution in [-0.4, -0.2) is 37.5 Å². The highest BCUT2D eigenvalue weighted by Gasteiger charge is 2.43. The molecule has 0 unspecified atom stereocenters. The number of nitrogens with zero attached hydrogens (tertiary/aromatic N) is 2. The SMILES string of the molecule is COc1ccc(NC(=O)COc2ccccc2C=C2C(=O)N(c3ccccc3)C(=O)N(c3ccccc3)C2=O)cc1. The number of benzene rings is 4. The van der Waals surface area contributed by atoms with E-state index in [-0.39, 0.29) is 17.9 Å². The van der Waals surface area contributed by atoms with Gasteiger partial charge in [-0.25, -0.2) is 14.6 Å². The molecule has 0 atom stereocenters. The van der Waals surface area contributed by atoms with Crippen LogP contribution in [0, 0.1) is 0 Å². The third kappa shape index (κ3) is 5.84. The van der Waals surface area contributed by atoms with Gasteiger partial charge in [0.15, 0.2) is 6.61 Å². The lowest BCUT2D eigenvalue weighted by molar-refractivity contribution is -0.121. The molecule has 1 heterocycles. The minimum atomic E-state index is -0.783. The lowest BCUT2D eigenvalue weighted by Crippen LogP contribution is -2.57. The second-order valence-corrected chi connectivity index (χ2v) is 8.90. The smallest absolute Gasteiger partial charge is 0.343 e. The van der Waals surface area contributed by atoms with Crippen molar-refractivity contribution in [3.63, 3.8) is 0 Å². The van der Waals surface area contributed by atoms with Crippen LogP contribution in [0.4, 0.5) is 21.9 Å². The van der Waals surface area contributed by atoms with E-state index in [4.69, 9.17) is 9.47 Å². The maximum atomic E-state index is 13.6. The van der Waals surface area contributed by atoms with Gasteiger partial charge in [-0.1, -0.05) is 54.6 Å². The van der Waals surface area contributed by atoms with Gasteiger partial charge in [-0.2, -0.15) is 0 Å². The minimum Gasteiger partial charge on any atom is -0.497 e. The first-order valence-electron chi connectivity index (χ1n) is 12.7. The molecule has 0 spiro atoms. The minimum absolute atomic E-state index is 0.240. The van der Waals surface area contributed by atoms with E-state index in [0.717, 1.165) is 9.80 Å². The fourth-order valence-electron chi connectivity index (χ4n) is 4.24. The molecule has 0 bridgehead atoms. The molecule has 4 aromatic rings. The van der Waals surface area contributed by atoms with Gasteiger partial charge in [0.2, 0.25) is 0 Å². The average Bonchev–Trinajstić information content (AvgIpc) is 3.00. The lowest BCUT2D eigenvalue weighted by Gasteiger charge is -2.34. The van der Waals surface area contributed by atoms with Crippen LogP contribution in [0.15, 0.2) is 115 Å². The maximum Gasteiger partial charge on any atom is 0.343 e. The van der Waals surface area contributed by atoms with Gasteiger partial charge in [0.05, 0.1) is 18.5 Å². The molecule has 1 N–H and O–H groups in total. The van der Waals surface area contributed by atoms with Crippen molar-refractivity contribution in [1.29, 1.82) is 0 Å². The molecule has 204 valence electrons. The number of imide groups is 2. The molecule has 0 radical (unpaired) electrons. The molecule has 1 fully saturated rings. The number of carbonyl (C=O) groups excluding carboxylic acids is 4. The summed E-state index contributed by atoms with van der Waals surface area (Å²) in [5.41, 5.74) is 1.36. The Morgan fingerprint density at radius 1 is 0.732 bits per heavy atom. The number of anilines is 3. The molecule has 1 aliphatic heterocycles. The monoisotopic (exact) mass is 547 g/mol. The van der Waals surface area contributed by atoms with Crippen molar-refractivity contribution in [1.82, 2.24) is 0 Å². The molecule has 1 saturated heterocycles. The third-order valence-corrected chi connectivity index (χ3v) is 6.23. The molecule has 5 amide bonds. The first kappa shape index (κ1) is 26.9.